The van der Waals surface area contributed by atoms with Crippen LogP contribution in [0.1, 0.15) is 11.1 Å². The van der Waals surface area contributed by atoms with Gasteiger partial charge in [-0.3, -0.25) is 4.98 Å². The van der Waals surface area contributed by atoms with Crippen molar-refractivity contribution in [3.8, 4) is 0 Å². The van der Waals surface area contributed by atoms with E-state index in [2.05, 4.69) is 15.0 Å². The molecule has 0 amide bonds. The molecule has 2 aromatic rings. The van der Waals surface area contributed by atoms with Crippen LogP contribution in [-0.4, -0.2) is 20.4 Å². The van der Waals surface area contributed by atoms with Crippen molar-refractivity contribution < 1.29 is 8.42 Å². The lowest BCUT2D eigenvalue weighted by Crippen LogP contribution is -2.20. The van der Waals surface area contributed by atoms with Crippen molar-refractivity contribution in [1.82, 2.24) is 9.71 Å². The van der Waals surface area contributed by atoms with Crippen LogP contribution in [0.25, 0.3) is 0 Å². The highest BCUT2D eigenvalue weighted by Crippen LogP contribution is 2.21. The van der Waals surface area contributed by atoms with Crippen LogP contribution >= 0.6 is 0 Å². The molecule has 0 bridgehead atoms. The number of hydrogen-bond donors (Lipinski definition) is 2. The molecular formula is C14H17N3O2S. The number of rotatable bonds is 5. The van der Waals surface area contributed by atoms with E-state index in [1.165, 1.54) is 7.05 Å². The molecule has 2 rings (SSSR count). The first-order valence-corrected chi connectivity index (χ1v) is 7.69. The predicted molar refractivity (Wildman–Crippen MR) is 79.0 cm³/mol. The third kappa shape index (κ3) is 3.15. The maximum absolute atomic E-state index is 11.9. The second-order valence-electron chi connectivity index (χ2n) is 4.36. The van der Waals surface area contributed by atoms with E-state index in [4.69, 9.17) is 0 Å². The van der Waals surface area contributed by atoms with Crippen molar-refractivity contribution in [3.63, 3.8) is 0 Å². The average molecular weight is 291 g/mol. The van der Waals surface area contributed by atoms with Gasteiger partial charge in [-0.15, -0.1) is 0 Å². The van der Waals surface area contributed by atoms with Crippen molar-refractivity contribution in [2.45, 2.75) is 18.4 Å². The normalized spacial score (nSPS) is 11.3. The Morgan fingerprint density at radius 3 is 2.65 bits per heavy atom. The number of hydrogen-bond acceptors (Lipinski definition) is 4. The zero-order chi connectivity index (χ0) is 14.6. The lowest BCUT2D eigenvalue weighted by atomic mass is 10.1. The number of nitrogens with one attached hydrogen (secondary N) is 2. The fourth-order valence-corrected chi connectivity index (χ4v) is 2.74. The number of benzene rings is 1. The minimum atomic E-state index is -3.47. The molecule has 0 aliphatic rings. The van der Waals surface area contributed by atoms with Crippen molar-refractivity contribution in [2.75, 3.05) is 12.4 Å². The Morgan fingerprint density at radius 2 is 1.95 bits per heavy atom. The highest BCUT2D eigenvalue weighted by molar-refractivity contribution is 7.89. The summed E-state index contributed by atoms with van der Waals surface area (Å²) in [6, 6.07) is 8.74. The molecule has 0 saturated carbocycles. The van der Waals surface area contributed by atoms with Crippen molar-refractivity contribution in [3.05, 3.63) is 53.9 Å². The molecule has 0 atom stereocenters. The van der Waals surface area contributed by atoms with E-state index >= 15 is 0 Å². The summed E-state index contributed by atoms with van der Waals surface area (Å²) in [5.74, 6) is 0. The third-order valence-electron chi connectivity index (χ3n) is 3.06. The number of aromatic nitrogens is 1. The van der Waals surface area contributed by atoms with Gasteiger partial charge in [0.25, 0.3) is 0 Å². The molecule has 1 aromatic carbocycles. The monoisotopic (exact) mass is 291 g/mol. The van der Waals surface area contributed by atoms with Crippen LogP contribution in [0.4, 0.5) is 5.69 Å². The second-order valence-corrected chi connectivity index (χ2v) is 6.21. The molecule has 2 N–H and O–H groups in total. The number of pyridine rings is 1. The third-order valence-corrected chi connectivity index (χ3v) is 4.53. The largest absolute Gasteiger partial charge is 0.380 e. The van der Waals surface area contributed by atoms with Gasteiger partial charge in [-0.25, -0.2) is 13.1 Å². The van der Waals surface area contributed by atoms with Gasteiger partial charge in [0.15, 0.2) is 0 Å². The van der Waals surface area contributed by atoms with E-state index < -0.39 is 10.0 Å². The summed E-state index contributed by atoms with van der Waals surface area (Å²) in [7, 11) is -2.07. The summed E-state index contributed by atoms with van der Waals surface area (Å²) < 4.78 is 26.2. The summed E-state index contributed by atoms with van der Waals surface area (Å²) in [6.07, 6.45) is 3.51. The van der Waals surface area contributed by atoms with E-state index in [0.717, 1.165) is 11.1 Å². The van der Waals surface area contributed by atoms with E-state index in [1.54, 1.807) is 36.7 Å². The lowest BCUT2D eigenvalue weighted by Gasteiger charge is -2.12. The SMILES string of the molecule is CNS(=O)(=O)c1ccccc1NCc1cnccc1C. The van der Waals surface area contributed by atoms with Crippen molar-refractivity contribution in [1.29, 1.82) is 0 Å². The number of anilines is 1. The molecule has 0 spiro atoms. The molecule has 1 aromatic heterocycles. The summed E-state index contributed by atoms with van der Waals surface area (Å²) in [5, 5.41) is 3.15. The van der Waals surface area contributed by atoms with Gasteiger partial charge in [-0.2, -0.15) is 0 Å². The smallest absolute Gasteiger partial charge is 0.242 e. The van der Waals surface area contributed by atoms with Gasteiger partial charge < -0.3 is 5.32 Å². The van der Waals surface area contributed by atoms with Crippen LogP contribution in [-0.2, 0) is 16.6 Å². The van der Waals surface area contributed by atoms with Gasteiger partial charge in [0.1, 0.15) is 4.90 Å². The topological polar surface area (TPSA) is 71.1 Å². The number of sulfonamides is 1. The summed E-state index contributed by atoms with van der Waals surface area (Å²) in [4.78, 5) is 4.31. The standard InChI is InChI=1S/C14H17N3O2S/c1-11-7-8-16-9-12(11)10-17-13-5-3-4-6-14(13)20(18,19)15-2/h3-9,15,17H,10H2,1-2H3. The van der Waals surface area contributed by atoms with Gasteiger partial charge in [0.05, 0.1) is 5.69 Å². The Labute approximate surface area is 119 Å². The molecule has 0 fully saturated rings. The van der Waals surface area contributed by atoms with Crippen molar-refractivity contribution in [2.24, 2.45) is 0 Å². The number of aryl methyl sites for hydroxylation is 1. The Kier molecular flexibility index (Phi) is 4.36. The predicted octanol–water partition coefficient (Wildman–Crippen LogP) is 1.91. The molecule has 6 heteroatoms. The van der Waals surface area contributed by atoms with Crippen LogP contribution in [0.5, 0.6) is 0 Å². The van der Waals surface area contributed by atoms with Crippen LogP contribution in [0.3, 0.4) is 0 Å². The first-order valence-electron chi connectivity index (χ1n) is 6.20. The van der Waals surface area contributed by atoms with E-state index in [-0.39, 0.29) is 4.90 Å². The summed E-state index contributed by atoms with van der Waals surface area (Å²) >= 11 is 0. The van der Waals surface area contributed by atoms with E-state index in [9.17, 15) is 8.42 Å². The first-order chi connectivity index (χ1) is 9.54. The average Bonchev–Trinajstić information content (AvgIpc) is 2.47. The minimum Gasteiger partial charge on any atom is -0.380 e. The van der Waals surface area contributed by atoms with Gasteiger partial charge in [0, 0.05) is 18.9 Å². The quantitative estimate of drug-likeness (QED) is 0.883. The molecular weight excluding hydrogens is 274 g/mol. The van der Waals surface area contributed by atoms with Crippen molar-refractivity contribution >= 4 is 15.7 Å². The van der Waals surface area contributed by atoms with Gasteiger partial charge in [-0.1, -0.05) is 12.1 Å². The molecule has 1 heterocycles. The van der Waals surface area contributed by atoms with Crippen LogP contribution in [0, 0.1) is 6.92 Å². The molecule has 0 saturated heterocycles. The molecule has 0 radical (unpaired) electrons. The van der Waals surface area contributed by atoms with Crippen LogP contribution in [0.15, 0.2) is 47.6 Å². The highest BCUT2D eigenvalue weighted by Gasteiger charge is 2.15. The molecule has 0 unspecified atom stereocenters. The van der Waals surface area contributed by atoms with E-state index in [0.29, 0.717) is 12.2 Å². The maximum Gasteiger partial charge on any atom is 0.242 e. The molecule has 0 aliphatic heterocycles. The first kappa shape index (κ1) is 14.5. The van der Waals surface area contributed by atoms with Gasteiger partial charge >= 0.3 is 0 Å². The highest BCUT2D eigenvalue weighted by atomic mass is 32.2. The van der Waals surface area contributed by atoms with Crippen LogP contribution in [0.2, 0.25) is 0 Å². The summed E-state index contributed by atoms with van der Waals surface area (Å²) in [6.45, 7) is 2.52. The fourth-order valence-electron chi connectivity index (χ4n) is 1.83. The Hall–Kier alpha value is -1.92. The molecule has 20 heavy (non-hydrogen) atoms. The Morgan fingerprint density at radius 1 is 1.20 bits per heavy atom. The Bertz CT molecular complexity index is 699. The Balaban J connectivity index is 2.25. The number of nitrogens with zero attached hydrogens (tertiary/aromatic N) is 1. The molecule has 106 valence electrons. The maximum atomic E-state index is 11.9. The minimum absolute atomic E-state index is 0.240. The zero-order valence-electron chi connectivity index (χ0n) is 11.4. The fraction of sp³-hybridized carbons (Fsp3) is 0.214. The van der Waals surface area contributed by atoms with E-state index in [1.807, 2.05) is 13.0 Å². The number of para-hydroxylation sites is 1. The van der Waals surface area contributed by atoms with Gasteiger partial charge in [0.2, 0.25) is 10.0 Å². The zero-order valence-corrected chi connectivity index (χ0v) is 12.2. The van der Waals surface area contributed by atoms with Crippen LogP contribution < -0.4 is 10.0 Å². The molecule has 0 aliphatic carbocycles. The second kappa shape index (κ2) is 6.02. The lowest BCUT2D eigenvalue weighted by molar-refractivity contribution is 0.588. The summed E-state index contributed by atoms with van der Waals surface area (Å²) in [5.41, 5.74) is 2.72. The van der Waals surface area contributed by atoms with Gasteiger partial charge in [-0.05, 0) is 43.3 Å². The molecule has 5 nitrogen and oxygen atoms in total.